The highest BCUT2D eigenvalue weighted by molar-refractivity contribution is 6.28. The molecule has 86 valence electrons. The molecule has 4 nitrogen and oxygen atoms in total. The second-order valence-electron chi connectivity index (χ2n) is 3.83. The number of hydrogen-bond acceptors (Lipinski definition) is 4. The molecular formula is C11H15ClN4. The molecule has 5 heteroatoms. The van der Waals surface area contributed by atoms with E-state index in [1.54, 1.807) is 0 Å². The number of nitriles is 1. The minimum Gasteiger partial charge on any atom is -0.353 e. The van der Waals surface area contributed by atoms with E-state index in [-0.39, 0.29) is 11.3 Å². The SMILES string of the molecule is Cc1cc(N(CCC#N)C(C)C)nc(Cl)n1. The lowest BCUT2D eigenvalue weighted by atomic mass is 10.2. The Morgan fingerprint density at radius 3 is 2.69 bits per heavy atom. The average molecular weight is 239 g/mol. The number of halogens is 1. The van der Waals surface area contributed by atoms with Crippen LogP contribution in [0.3, 0.4) is 0 Å². The van der Waals surface area contributed by atoms with Crippen LogP contribution in [-0.4, -0.2) is 22.6 Å². The third kappa shape index (κ3) is 3.35. The molecule has 16 heavy (non-hydrogen) atoms. The van der Waals surface area contributed by atoms with Crippen LogP contribution in [0.5, 0.6) is 0 Å². The molecule has 0 aliphatic carbocycles. The molecule has 1 aromatic rings. The molecule has 0 atom stereocenters. The molecule has 1 aromatic heterocycles. The van der Waals surface area contributed by atoms with E-state index < -0.39 is 0 Å². The Hall–Kier alpha value is -1.34. The topological polar surface area (TPSA) is 52.8 Å². The van der Waals surface area contributed by atoms with Crippen LogP contribution in [0, 0.1) is 18.3 Å². The number of aryl methyl sites for hydroxylation is 1. The van der Waals surface area contributed by atoms with E-state index >= 15 is 0 Å². The highest BCUT2D eigenvalue weighted by Crippen LogP contribution is 2.17. The van der Waals surface area contributed by atoms with Crippen molar-refractivity contribution in [2.45, 2.75) is 33.2 Å². The van der Waals surface area contributed by atoms with Gasteiger partial charge in [0.15, 0.2) is 0 Å². The molecule has 0 aromatic carbocycles. The van der Waals surface area contributed by atoms with Crippen LogP contribution in [0.2, 0.25) is 5.28 Å². The first-order chi connectivity index (χ1) is 7.54. The summed E-state index contributed by atoms with van der Waals surface area (Å²) in [6, 6.07) is 4.29. The Labute approximate surface area is 101 Å². The molecule has 0 radical (unpaired) electrons. The molecule has 1 heterocycles. The van der Waals surface area contributed by atoms with Crippen molar-refractivity contribution in [1.82, 2.24) is 9.97 Å². The summed E-state index contributed by atoms with van der Waals surface area (Å²) in [6.07, 6.45) is 0.471. The van der Waals surface area contributed by atoms with Gasteiger partial charge in [-0.05, 0) is 32.4 Å². The van der Waals surface area contributed by atoms with Crippen LogP contribution in [0.4, 0.5) is 5.82 Å². The first kappa shape index (κ1) is 12.7. The molecule has 0 saturated carbocycles. The van der Waals surface area contributed by atoms with Gasteiger partial charge in [-0.3, -0.25) is 0 Å². The van der Waals surface area contributed by atoms with Crippen molar-refractivity contribution < 1.29 is 0 Å². The summed E-state index contributed by atoms with van der Waals surface area (Å²) in [5.41, 5.74) is 0.831. The summed E-state index contributed by atoms with van der Waals surface area (Å²) in [6.45, 7) is 6.65. The van der Waals surface area contributed by atoms with Crippen LogP contribution in [0.15, 0.2) is 6.07 Å². The summed E-state index contributed by atoms with van der Waals surface area (Å²) < 4.78 is 0. The fraction of sp³-hybridized carbons (Fsp3) is 0.545. The zero-order chi connectivity index (χ0) is 12.1. The summed E-state index contributed by atoms with van der Waals surface area (Å²) in [4.78, 5) is 10.2. The maximum Gasteiger partial charge on any atom is 0.224 e. The van der Waals surface area contributed by atoms with Gasteiger partial charge in [-0.2, -0.15) is 5.26 Å². The predicted octanol–water partition coefficient (Wildman–Crippen LogP) is 2.57. The Morgan fingerprint density at radius 2 is 2.19 bits per heavy atom. The second kappa shape index (κ2) is 5.66. The predicted molar refractivity (Wildman–Crippen MR) is 64.5 cm³/mol. The van der Waals surface area contributed by atoms with Gasteiger partial charge in [0.05, 0.1) is 12.5 Å². The van der Waals surface area contributed by atoms with E-state index in [0.717, 1.165) is 11.5 Å². The van der Waals surface area contributed by atoms with Gasteiger partial charge in [0.2, 0.25) is 5.28 Å². The number of rotatable bonds is 4. The minimum absolute atomic E-state index is 0.248. The van der Waals surface area contributed by atoms with Crippen molar-refractivity contribution in [1.29, 1.82) is 5.26 Å². The smallest absolute Gasteiger partial charge is 0.224 e. The minimum atomic E-state index is 0.248. The van der Waals surface area contributed by atoms with E-state index in [4.69, 9.17) is 16.9 Å². The number of aromatic nitrogens is 2. The summed E-state index contributed by atoms with van der Waals surface area (Å²) in [7, 11) is 0. The molecule has 0 N–H and O–H groups in total. The van der Waals surface area contributed by atoms with Crippen LogP contribution >= 0.6 is 11.6 Å². The van der Waals surface area contributed by atoms with Crippen LogP contribution in [0.1, 0.15) is 26.0 Å². The molecular weight excluding hydrogens is 224 g/mol. The van der Waals surface area contributed by atoms with Crippen molar-refractivity contribution in [2.75, 3.05) is 11.4 Å². The van der Waals surface area contributed by atoms with E-state index in [1.807, 2.05) is 17.9 Å². The number of nitrogens with zero attached hydrogens (tertiary/aromatic N) is 4. The van der Waals surface area contributed by atoms with Crippen molar-refractivity contribution >= 4 is 17.4 Å². The molecule has 0 saturated heterocycles. The quantitative estimate of drug-likeness (QED) is 0.757. The maximum absolute atomic E-state index is 8.62. The van der Waals surface area contributed by atoms with Gasteiger partial charge in [0.25, 0.3) is 0 Å². The highest BCUT2D eigenvalue weighted by Gasteiger charge is 2.12. The first-order valence-electron chi connectivity index (χ1n) is 5.19. The fourth-order valence-corrected chi connectivity index (χ4v) is 1.69. The van der Waals surface area contributed by atoms with Gasteiger partial charge in [-0.15, -0.1) is 0 Å². The van der Waals surface area contributed by atoms with Crippen LogP contribution in [0.25, 0.3) is 0 Å². The number of anilines is 1. The normalized spacial score (nSPS) is 10.2. The Bertz CT molecular complexity index is 377. The molecule has 0 amide bonds. The lowest BCUT2D eigenvalue weighted by molar-refractivity contribution is 0.675. The third-order valence-electron chi connectivity index (χ3n) is 2.20. The van der Waals surface area contributed by atoms with Gasteiger partial charge < -0.3 is 4.90 Å². The summed E-state index contributed by atoms with van der Waals surface area (Å²) in [5.74, 6) is 0.780. The lowest BCUT2D eigenvalue weighted by Crippen LogP contribution is -2.32. The van der Waals surface area contributed by atoms with Crippen molar-refractivity contribution in [3.63, 3.8) is 0 Å². The molecule has 1 rings (SSSR count). The molecule has 0 aliphatic heterocycles. The summed E-state index contributed by atoms with van der Waals surface area (Å²) >= 11 is 5.82. The van der Waals surface area contributed by atoms with Crippen molar-refractivity contribution in [3.05, 3.63) is 17.0 Å². The van der Waals surface area contributed by atoms with Crippen LogP contribution in [-0.2, 0) is 0 Å². The molecule has 0 aliphatic rings. The molecule has 0 fully saturated rings. The summed E-state index contributed by atoms with van der Waals surface area (Å²) in [5, 5.41) is 8.87. The number of hydrogen-bond donors (Lipinski definition) is 0. The van der Waals surface area contributed by atoms with E-state index in [9.17, 15) is 0 Å². The first-order valence-corrected chi connectivity index (χ1v) is 5.57. The standard InChI is InChI=1S/C11H15ClN4/c1-8(2)16(6-4-5-13)10-7-9(3)14-11(12)15-10/h7-8H,4,6H2,1-3H3. The van der Waals surface area contributed by atoms with Crippen LogP contribution < -0.4 is 4.90 Å². The average Bonchev–Trinajstić information content (AvgIpc) is 2.16. The Balaban J connectivity index is 2.96. The van der Waals surface area contributed by atoms with E-state index in [0.29, 0.717) is 13.0 Å². The van der Waals surface area contributed by atoms with Gasteiger partial charge in [-0.25, -0.2) is 9.97 Å². The molecule has 0 bridgehead atoms. The second-order valence-corrected chi connectivity index (χ2v) is 4.17. The van der Waals surface area contributed by atoms with Gasteiger partial charge in [0, 0.05) is 24.3 Å². The van der Waals surface area contributed by atoms with E-state index in [1.165, 1.54) is 0 Å². The lowest BCUT2D eigenvalue weighted by Gasteiger charge is -2.27. The fourth-order valence-electron chi connectivity index (χ4n) is 1.47. The zero-order valence-corrected chi connectivity index (χ0v) is 10.5. The zero-order valence-electron chi connectivity index (χ0n) is 9.74. The molecule has 0 unspecified atom stereocenters. The Morgan fingerprint density at radius 1 is 1.50 bits per heavy atom. The van der Waals surface area contributed by atoms with Gasteiger partial charge in [-0.1, -0.05) is 0 Å². The Kier molecular flexibility index (Phi) is 4.51. The largest absolute Gasteiger partial charge is 0.353 e. The van der Waals surface area contributed by atoms with Crippen molar-refractivity contribution in [2.24, 2.45) is 0 Å². The van der Waals surface area contributed by atoms with E-state index in [2.05, 4.69) is 29.9 Å². The van der Waals surface area contributed by atoms with Gasteiger partial charge >= 0.3 is 0 Å². The van der Waals surface area contributed by atoms with Gasteiger partial charge in [0.1, 0.15) is 5.82 Å². The van der Waals surface area contributed by atoms with Crippen molar-refractivity contribution in [3.8, 4) is 6.07 Å². The monoisotopic (exact) mass is 238 g/mol. The third-order valence-corrected chi connectivity index (χ3v) is 2.36. The highest BCUT2D eigenvalue weighted by atomic mass is 35.5. The molecule has 0 spiro atoms. The maximum atomic E-state index is 8.62.